The molecule has 11 aromatic rings. The normalized spacial score (nSPS) is 16.0. The number of hydrogen-bond acceptors (Lipinski definition) is 4. The Hall–Kier alpha value is -8.99. The summed E-state index contributed by atoms with van der Waals surface area (Å²) in [5.74, 6) is 1.95. The van der Waals surface area contributed by atoms with Crippen molar-refractivity contribution in [1.82, 2.24) is 15.0 Å². The minimum Gasteiger partial charge on any atom is -0.310 e. The van der Waals surface area contributed by atoms with Crippen LogP contribution in [0.2, 0.25) is 0 Å². The van der Waals surface area contributed by atoms with Crippen LogP contribution in [0, 0.1) is 0 Å². The van der Waals surface area contributed by atoms with Crippen LogP contribution in [0.15, 0.2) is 243 Å². The van der Waals surface area contributed by atoms with Gasteiger partial charge in [0.25, 0.3) is 0 Å². The predicted octanol–water partition coefficient (Wildman–Crippen LogP) is 17.6. The van der Waals surface area contributed by atoms with E-state index in [4.69, 9.17) is 15.0 Å². The average molecular weight is 947 g/mol. The summed E-state index contributed by atoms with van der Waals surface area (Å²) in [5, 5.41) is 0. The molecule has 0 radical (unpaired) electrons. The SMILES string of the molecule is c1ccc(-c2ccc(N(c3ccc4c(c3)C3(CCCCC3)c3ccccc3-4)c3cccc4c3-c3ccccc3C43c4ccccc4-c4c(-c5nc(-c6ccccc6)nc(-c6ccccc6)n5)cccc43)cc2)cc1. The van der Waals surface area contributed by atoms with Gasteiger partial charge >= 0.3 is 0 Å². The summed E-state index contributed by atoms with van der Waals surface area (Å²) >= 11 is 0. The van der Waals surface area contributed by atoms with Crippen molar-refractivity contribution in [2.24, 2.45) is 0 Å². The van der Waals surface area contributed by atoms with Crippen molar-refractivity contribution >= 4 is 17.1 Å². The average Bonchev–Trinajstić information content (AvgIpc) is 4.15. The first-order chi connectivity index (χ1) is 36.7. The molecule has 74 heavy (non-hydrogen) atoms. The van der Waals surface area contributed by atoms with Crippen molar-refractivity contribution in [2.45, 2.75) is 42.9 Å². The first-order valence-corrected chi connectivity index (χ1v) is 26.2. The summed E-state index contributed by atoms with van der Waals surface area (Å²) in [5.41, 5.74) is 23.8. The maximum Gasteiger partial charge on any atom is 0.164 e. The highest BCUT2D eigenvalue weighted by atomic mass is 15.1. The van der Waals surface area contributed by atoms with Crippen molar-refractivity contribution < 1.29 is 0 Å². The molecule has 0 aliphatic heterocycles. The van der Waals surface area contributed by atoms with Crippen molar-refractivity contribution in [3.05, 3.63) is 276 Å². The van der Waals surface area contributed by atoms with Gasteiger partial charge in [0.1, 0.15) is 0 Å². The number of benzene rings is 10. The van der Waals surface area contributed by atoms with Crippen molar-refractivity contribution in [1.29, 1.82) is 0 Å². The second-order valence-electron chi connectivity index (χ2n) is 20.5. The molecular weight excluding hydrogens is 897 g/mol. The van der Waals surface area contributed by atoms with Gasteiger partial charge in [0.15, 0.2) is 17.5 Å². The quantitative estimate of drug-likeness (QED) is 0.160. The number of hydrogen-bond donors (Lipinski definition) is 0. The lowest BCUT2D eigenvalue weighted by Gasteiger charge is -2.37. The van der Waals surface area contributed by atoms with E-state index in [1.54, 1.807) is 0 Å². The Morgan fingerprint density at radius 3 is 1.41 bits per heavy atom. The van der Waals surface area contributed by atoms with E-state index in [2.05, 4.69) is 211 Å². The van der Waals surface area contributed by atoms with Crippen molar-refractivity contribution in [3.63, 3.8) is 0 Å². The number of fused-ring (bicyclic) bond motifs is 15. The lowest BCUT2D eigenvalue weighted by Crippen LogP contribution is -2.28. The minimum absolute atomic E-state index is 0.00947. The summed E-state index contributed by atoms with van der Waals surface area (Å²) < 4.78 is 0. The van der Waals surface area contributed by atoms with E-state index in [1.807, 2.05) is 36.4 Å². The van der Waals surface area contributed by atoms with Gasteiger partial charge in [-0.25, -0.2) is 15.0 Å². The molecule has 1 aromatic heterocycles. The topological polar surface area (TPSA) is 41.9 Å². The van der Waals surface area contributed by atoms with Gasteiger partial charge in [0.2, 0.25) is 0 Å². The molecule has 4 heteroatoms. The Morgan fingerprint density at radius 1 is 0.297 bits per heavy atom. The zero-order chi connectivity index (χ0) is 48.8. The molecule has 350 valence electrons. The summed E-state index contributed by atoms with van der Waals surface area (Å²) in [4.78, 5) is 18.3. The van der Waals surface area contributed by atoms with E-state index in [9.17, 15) is 0 Å². The summed E-state index contributed by atoms with van der Waals surface area (Å²) in [6.07, 6.45) is 6.13. The molecule has 1 atom stereocenters. The molecule has 1 fully saturated rings. The van der Waals surface area contributed by atoms with E-state index in [0.717, 1.165) is 33.6 Å². The number of aromatic nitrogens is 3. The second-order valence-corrected chi connectivity index (χ2v) is 20.5. The van der Waals surface area contributed by atoms with Gasteiger partial charge in [0.05, 0.1) is 11.1 Å². The molecule has 4 aliphatic rings. The highest BCUT2D eigenvalue weighted by Gasteiger charge is 2.53. The van der Waals surface area contributed by atoms with Crippen LogP contribution in [-0.4, -0.2) is 15.0 Å². The van der Waals surface area contributed by atoms with Crippen LogP contribution < -0.4 is 4.90 Å². The molecule has 0 bridgehead atoms. The first-order valence-electron chi connectivity index (χ1n) is 26.2. The molecule has 10 aromatic carbocycles. The van der Waals surface area contributed by atoms with Gasteiger partial charge in [0, 0.05) is 39.0 Å². The molecular formula is C70H50N4. The zero-order valence-corrected chi connectivity index (χ0v) is 40.9. The Kier molecular flexibility index (Phi) is 9.68. The Labute approximate surface area is 432 Å². The van der Waals surface area contributed by atoms with Crippen molar-refractivity contribution in [3.8, 4) is 78.7 Å². The van der Waals surface area contributed by atoms with E-state index < -0.39 is 5.41 Å². The van der Waals surface area contributed by atoms with Crippen LogP contribution in [-0.2, 0) is 10.8 Å². The summed E-state index contributed by atoms with van der Waals surface area (Å²) in [6, 6.07) is 89.2. The van der Waals surface area contributed by atoms with E-state index in [0.29, 0.717) is 17.5 Å². The third-order valence-corrected chi connectivity index (χ3v) is 16.7. The maximum atomic E-state index is 5.32. The van der Waals surface area contributed by atoms with Crippen LogP contribution in [0.25, 0.3) is 78.7 Å². The van der Waals surface area contributed by atoms with Crippen molar-refractivity contribution in [2.75, 3.05) is 4.90 Å². The third-order valence-electron chi connectivity index (χ3n) is 16.7. The van der Waals surface area contributed by atoms with Crippen LogP contribution in [0.4, 0.5) is 17.1 Å². The molecule has 0 saturated heterocycles. The highest BCUT2D eigenvalue weighted by Crippen LogP contribution is 2.66. The fourth-order valence-electron chi connectivity index (χ4n) is 13.7. The van der Waals surface area contributed by atoms with Gasteiger partial charge < -0.3 is 4.90 Å². The molecule has 1 unspecified atom stereocenters. The fourth-order valence-corrected chi connectivity index (χ4v) is 13.7. The predicted molar refractivity (Wildman–Crippen MR) is 302 cm³/mol. The van der Waals surface area contributed by atoms with Gasteiger partial charge in [-0.2, -0.15) is 0 Å². The smallest absolute Gasteiger partial charge is 0.164 e. The van der Waals surface area contributed by atoms with Gasteiger partial charge in [-0.15, -0.1) is 0 Å². The molecule has 2 spiro atoms. The Balaban J connectivity index is 0.967. The van der Waals surface area contributed by atoms with Gasteiger partial charge in [-0.05, 0) is 115 Å². The molecule has 0 amide bonds. The molecule has 1 heterocycles. The first kappa shape index (κ1) is 42.7. The number of rotatable bonds is 7. The lowest BCUT2D eigenvalue weighted by molar-refractivity contribution is 0.353. The minimum atomic E-state index is -0.629. The van der Waals surface area contributed by atoms with Gasteiger partial charge in [-0.3, -0.25) is 0 Å². The lowest BCUT2D eigenvalue weighted by atomic mass is 9.68. The third kappa shape index (κ3) is 6.24. The van der Waals surface area contributed by atoms with Crippen LogP contribution in [0.3, 0.4) is 0 Å². The summed E-state index contributed by atoms with van der Waals surface area (Å²) in [6.45, 7) is 0. The molecule has 4 aliphatic carbocycles. The number of anilines is 3. The molecule has 4 nitrogen and oxygen atoms in total. The monoisotopic (exact) mass is 946 g/mol. The maximum absolute atomic E-state index is 5.32. The van der Waals surface area contributed by atoms with Crippen LogP contribution in [0.5, 0.6) is 0 Å². The molecule has 0 N–H and O–H groups in total. The fraction of sp³-hybridized carbons (Fsp3) is 0.100. The van der Waals surface area contributed by atoms with Crippen LogP contribution in [0.1, 0.15) is 65.5 Å². The molecule has 1 saturated carbocycles. The van der Waals surface area contributed by atoms with E-state index >= 15 is 0 Å². The number of nitrogens with zero attached hydrogens (tertiary/aromatic N) is 4. The van der Waals surface area contributed by atoms with Gasteiger partial charge in [-0.1, -0.05) is 232 Å². The van der Waals surface area contributed by atoms with E-state index in [1.165, 1.54) is 110 Å². The van der Waals surface area contributed by atoms with E-state index in [-0.39, 0.29) is 5.41 Å². The van der Waals surface area contributed by atoms with Crippen LogP contribution >= 0.6 is 0 Å². The largest absolute Gasteiger partial charge is 0.310 e. The summed E-state index contributed by atoms with van der Waals surface area (Å²) in [7, 11) is 0. The Morgan fingerprint density at radius 2 is 0.757 bits per heavy atom. The molecule has 15 rings (SSSR count). The standard InChI is InChI=1S/C70H50N4/c1-5-21-46(22-6-1)47-37-39-50(40-38-47)74(51-41-42-53-52-27-11-14-31-57(52)69(62(53)45-51)43-17-4-18-44-69)63-36-20-35-61-65(63)55-29-13-16-33-59(55)70(61)58-32-15-12-28-54(58)64-56(30-19-34-60(64)70)68-72-66(48-23-7-2-8-24-48)71-67(73-68)49-25-9-3-10-26-49/h1-3,5-16,19-42,45H,4,17-18,43-44H2. The zero-order valence-electron chi connectivity index (χ0n) is 40.9. The second kappa shape index (κ2) is 16.8. The highest BCUT2D eigenvalue weighted by molar-refractivity contribution is 6.03. The Bertz CT molecular complexity index is 3930.